The van der Waals surface area contributed by atoms with Gasteiger partial charge in [0.1, 0.15) is 0 Å². The van der Waals surface area contributed by atoms with Crippen LogP contribution in [0.1, 0.15) is 32.6 Å². The van der Waals surface area contributed by atoms with Crippen LogP contribution in [0.4, 0.5) is 23.1 Å². The van der Waals surface area contributed by atoms with Crippen LogP contribution in [0.2, 0.25) is 0 Å². The van der Waals surface area contributed by atoms with Gasteiger partial charge >= 0.3 is 0 Å². The summed E-state index contributed by atoms with van der Waals surface area (Å²) in [5.41, 5.74) is 2.51. The molecule has 0 amide bonds. The van der Waals surface area contributed by atoms with Crippen LogP contribution in [-0.4, -0.2) is 45.2 Å². The zero-order valence-corrected chi connectivity index (χ0v) is 20.7. The second kappa shape index (κ2) is 10.1. The summed E-state index contributed by atoms with van der Waals surface area (Å²) in [6.07, 6.45) is 4.71. The van der Waals surface area contributed by atoms with Crippen LogP contribution in [0.25, 0.3) is 11.2 Å². The number of benzene rings is 2. The summed E-state index contributed by atoms with van der Waals surface area (Å²) in [6, 6.07) is 15.4. The van der Waals surface area contributed by atoms with Gasteiger partial charge in [0.15, 0.2) is 17.0 Å². The number of aliphatic hydroxyl groups excluding tert-OH is 1. The van der Waals surface area contributed by atoms with E-state index in [0.717, 1.165) is 25.7 Å². The van der Waals surface area contributed by atoms with Gasteiger partial charge in [0.05, 0.1) is 17.3 Å². The van der Waals surface area contributed by atoms with E-state index < -0.39 is 10.0 Å². The van der Waals surface area contributed by atoms with Crippen molar-refractivity contribution in [3.8, 4) is 0 Å². The predicted molar refractivity (Wildman–Crippen MR) is 140 cm³/mol. The van der Waals surface area contributed by atoms with Crippen molar-refractivity contribution >= 4 is 44.3 Å². The molecule has 5 rings (SSSR count). The lowest BCUT2D eigenvalue weighted by atomic mass is 9.93. The van der Waals surface area contributed by atoms with Crippen LogP contribution in [0, 0.1) is 0 Å². The third-order valence-corrected chi connectivity index (χ3v) is 7.69. The number of sulfonamides is 1. The highest BCUT2D eigenvalue weighted by Crippen LogP contribution is 2.27. The van der Waals surface area contributed by atoms with Crippen molar-refractivity contribution in [3.63, 3.8) is 0 Å². The fourth-order valence-electron chi connectivity index (χ4n) is 4.30. The Morgan fingerprint density at radius 1 is 0.972 bits per heavy atom. The summed E-state index contributed by atoms with van der Waals surface area (Å²) < 4.78 is 30.0. The lowest BCUT2D eigenvalue weighted by Gasteiger charge is -2.26. The molecule has 2 aromatic heterocycles. The molecular weight excluding hydrogens is 478 g/mol. The highest BCUT2D eigenvalue weighted by atomic mass is 32.2. The Hall–Kier alpha value is -3.70. The minimum atomic E-state index is -3.71. The van der Waals surface area contributed by atoms with Crippen LogP contribution < -0.4 is 15.4 Å². The summed E-state index contributed by atoms with van der Waals surface area (Å²) >= 11 is 0. The lowest BCUT2D eigenvalue weighted by molar-refractivity contribution is 0.126. The molecule has 1 saturated carbocycles. The number of nitrogens with zero attached hydrogens (tertiary/aromatic N) is 4. The first-order valence-electron chi connectivity index (χ1n) is 12.0. The molecule has 188 valence electrons. The van der Waals surface area contributed by atoms with Crippen molar-refractivity contribution in [1.82, 2.24) is 19.5 Å². The summed E-state index contributed by atoms with van der Waals surface area (Å²) in [5, 5.41) is 16.5. The molecule has 1 fully saturated rings. The standard InChI is InChI=1S/C25H29N7O3S/c1-2-32-16-26-22-23(29-25(30-24(22)32)28-18-8-12-20(33)13-9-18)27-17-10-14-21(15-11-17)36(34,35)31-19-6-4-3-5-7-19/h3-7,10-11,14-16,18,20,31,33H,2,8-9,12-13H2,1H3,(H2,27,28,29,30)/t18-,20-. The topological polar surface area (TPSA) is 134 Å². The Morgan fingerprint density at radius 3 is 2.39 bits per heavy atom. The van der Waals surface area contributed by atoms with Gasteiger partial charge in [0, 0.05) is 24.0 Å². The van der Waals surface area contributed by atoms with Gasteiger partial charge in [-0.15, -0.1) is 0 Å². The molecule has 4 aromatic rings. The summed E-state index contributed by atoms with van der Waals surface area (Å²) in [4.78, 5) is 14.0. The fourth-order valence-corrected chi connectivity index (χ4v) is 5.36. The van der Waals surface area contributed by atoms with Gasteiger partial charge in [0.2, 0.25) is 5.95 Å². The minimum absolute atomic E-state index is 0.154. The molecule has 0 atom stereocenters. The van der Waals surface area contributed by atoms with E-state index in [0.29, 0.717) is 40.8 Å². The molecule has 0 unspecified atom stereocenters. The van der Waals surface area contributed by atoms with Gasteiger partial charge in [-0.2, -0.15) is 9.97 Å². The number of aryl methyl sites for hydroxylation is 1. The predicted octanol–water partition coefficient (Wildman–Crippen LogP) is 4.11. The Labute approximate surface area is 209 Å². The van der Waals surface area contributed by atoms with Crippen molar-refractivity contribution in [2.45, 2.75) is 56.2 Å². The molecule has 0 aliphatic heterocycles. The molecule has 10 nitrogen and oxygen atoms in total. The van der Waals surface area contributed by atoms with Crippen molar-refractivity contribution in [2.75, 3.05) is 15.4 Å². The average molecular weight is 508 g/mol. The van der Waals surface area contributed by atoms with E-state index in [2.05, 4.69) is 25.3 Å². The molecule has 0 bridgehead atoms. The molecule has 11 heteroatoms. The normalized spacial score (nSPS) is 18.2. The maximum absolute atomic E-state index is 12.7. The third-order valence-electron chi connectivity index (χ3n) is 6.29. The summed E-state index contributed by atoms with van der Waals surface area (Å²) in [5.74, 6) is 1.02. The maximum atomic E-state index is 12.7. The number of hydrogen-bond acceptors (Lipinski definition) is 8. The van der Waals surface area contributed by atoms with Crippen LogP contribution in [0.15, 0.2) is 65.8 Å². The van der Waals surface area contributed by atoms with Crippen molar-refractivity contribution in [3.05, 3.63) is 60.9 Å². The number of aromatic nitrogens is 4. The minimum Gasteiger partial charge on any atom is -0.393 e. The molecule has 36 heavy (non-hydrogen) atoms. The molecule has 1 aliphatic carbocycles. The monoisotopic (exact) mass is 507 g/mol. The Kier molecular flexibility index (Phi) is 6.75. The lowest BCUT2D eigenvalue weighted by Crippen LogP contribution is -2.29. The molecule has 1 aliphatic rings. The second-order valence-corrected chi connectivity index (χ2v) is 10.6. The van der Waals surface area contributed by atoms with Gasteiger partial charge in [-0.1, -0.05) is 18.2 Å². The summed E-state index contributed by atoms with van der Waals surface area (Å²) in [7, 11) is -3.71. The molecule has 0 radical (unpaired) electrons. The quantitative estimate of drug-likeness (QED) is 0.280. The highest BCUT2D eigenvalue weighted by Gasteiger charge is 2.21. The first-order valence-corrected chi connectivity index (χ1v) is 13.5. The van der Waals surface area contributed by atoms with E-state index in [1.54, 1.807) is 54.9 Å². The van der Waals surface area contributed by atoms with Crippen LogP contribution in [0.5, 0.6) is 0 Å². The first-order chi connectivity index (χ1) is 17.4. The molecular formula is C25H29N7O3S. The van der Waals surface area contributed by atoms with Crippen LogP contribution >= 0.6 is 0 Å². The van der Waals surface area contributed by atoms with Crippen molar-refractivity contribution in [1.29, 1.82) is 0 Å². The number of rotatable bonds is 8. The zero-order valence-electron chi connectivity index (χ0n) is 19.9. The fraction of sp³-hybridized carbons (Fsp3) is 0.320. The van der Waals surface area contributed by atoms with E-state index in [4.69, 9.17) is 4.98 Å². The number of aliphatic hydroxyl groups is 1. The van der Waals surface area contributed by atoms with E-state index >= 15 is 0 Å². The van der Waals surface area contributed by atoms with E-state index in [-0.39, 0.29) is 17.0 Å². The molecule has 0 saturated heterocycles. The Bertz CT molecular complexity index is 1430. The Morgan fingerprint density at radius 2 is 1.69 bits per heavy atom. The SMILES string of the molecule is CCn1cnc2c(Nc3ccc(S(=O)(=O)Nc4ccccc4)cc3)nc(N[C@H]3CC[C@H](O)CC3)nc21. The maximum Gasteiger partial charge on any atom is 0.261 e. The third kappa shape index (κ3) is 5.26. The number of hydrogen-bond donors (Lipinski definition) is 4. The smallest absolute Gasteiger partial charge is 0.261 e. The van der Waals surface area contributed by atoms with Gasteiger partial charge in [-0.25, -0.2) is 13.4 Å². The van der Waals surface area contributed by atoms with Crippen molar-refractivity contribution < 1.29 is 13.5 Å². The molecule has 2 heterocycles. The second-order valence-electron chi connectivity index (χ2n) is 8.87. The van der Waals surface area contributed by atoms with Crippen LogP contribution in [0.3, 0.4) is 0 Å². The number of fused-ring (bicyclic) bond motifs is 1. The zero-order chi connectivity index (χ0) is 25.1. The van der Waals surface area contributed by atoms with Crippen molar-refractivity contribution in [2.24, 2.45) is 0 Å². The number of nitrogens with one attached hydrogen (secondary N) is 3. The van der Waals surface area contributed by atoms with E-state index in [1.807, 2.05) is 17.6 Å². The van der Waals surface area contributed by atoms with Crippen LogP contribution in [-0.2, 0) is 16.6 Å². The molecule has 0 spiro atoms. The number of para-hydroxylation sites is 1. The van der Waals surface area contributed by atoms with E-state index in [9.17, 15) is 13.5 Å². The van der Waals surface area contributed by atoms with E-state index in [1.165, 1.54) is 0 Å². The average Bonchev–Trinajstić information content (AvgIpc) is 3.29. The van der Waals surface area contributed by atoms with Gasteiger partial charge in [-0.05, 0) is 69.0 Å². The number of anilines is 4. The van der Waals surface area contributed by atoms with Gasteiger partial charge in [0.25, 0.3) is 10.0 Å². The van der Waals surface area contributed by atoms with Gasteiger partial charge in [-0.3, -0.25) is 4.72 Å². The molecule has 2 aromatic carbocycles. The van der Waals surface area contributed by atoms with Gasteiger partial charge < -0.3 is 20.3 Å². The summed E-state index contributed by atoms with van der Waals surface area (Å²) in [6.45, 7) is 2.73. The first kappa shape index (κ1) is 24.0. The Balaban J connectivity index is 1.38. The largest absolute Gasteiger partial charge is 0.393 e. The highest BCUT2D eigenvalue weighted by molar-refractivity contribution is 7.92. The molecule has 4 N–H and O–H groups in total. The number of imidazole rings is 1.